The van der Waals surface area contributed by atoms with E-state index in [0.29, 0.717) is 5.92 Å². The summed E-state index contributed by atoms with van der Waals surface area (Å²) in [6.07, 6.45) is 0. The van der Waals surface area contributed by atoms with Crippen molar-refractivity contribution >= 4 is 21.6 Å². The zero-order chi connectivity index (χ0) is 9.84. The van der Waals surface area contributed by atoms with Crippen molar-refractivity contribution in [2.45, 2.75) is 20.8 Å². The van der Waals surface area contributed by atoms with E-state index < -0.39 is 0 Å². The first-order chi connectivity index (χ1) is 6.09. The summed E-state index contributed by atoms with van der Waals surface area (Å²) >= 11 is 3.34. The van der Waals surface area contributed by atoms with E-state index in [2.05, 4.69) is 46.1 Å². The number of aryl methyl sites for hydroxylation is 1. The SMILES string of the molecule is Cc1nc(Br)ccc1NCC(C)C. The van der Waals surface area contributed by atoms with E-state index in [1.165, 1.54) is 0 Å². The van der Waals surface area contributed by atoms with Gasteiger partial charge in [-0.1, -0.05) is 13.8 Å². The smallest absolute Gasteiger partial charge is 0.106 e. The Bertz CT molecular complexity index is 284. The standard InChI is InChI=1S/C10H15BrN2/c1-7(2)6-12-9-4-5-10(11)13-8(9)3/h4-5,7,12H,6H2,1-3H3. The fourth-order valence-corrected chi connectivity index (χ4v) is 1.43. The van der Waals surface area contributed by atoms with Gasteiger partial charge in [0.2, 0.25) is 0 Å². The van der Waals surface area contributed by atoms with Crippen LogP contribution in [0.25, 0.3) is 0 Å². The predicted molar refractivity (Wildman–Crippen MR) is 60.0 cm³/mol. The third kappa shape index (κ3) is 3.35. The Morgan fingerprint density at radius 2 is 2.15 bits per heavy atom. The Morgan fingerprint density at radius 1 is 1.46 bits per heavy atom. The summed E-state index contributed by atoms with van der Waals surface area (Å²) < 4.78 is 0.889. The van der Waals surface area contributed by atoms with Gasteiger partial charge in [0.25, 0.3) is 0 Å². The van der Waals surface area contributed by atoms with Crippen LogP contribution in [0.3, 0.4) is 0 Å². The highest BCUT2D eigenvalue weighted by Crippen LogP contribution is 2.16. The summed E-state index contributed by atoms with van der Waals surface area (Å²) in [5, 5.41) is 3.36. The first-order valence-electron chi connectivity index (χ1n) is 4.46. The number of pyridine rings is 1. The lowest BCUT2D eigenvalue weighted by molar-refractivity contribution is 0.688. The van der Waals surface area contributed by atoms with Crippen LogP contribution >= 0.6 is 15.9 Å². The van der Waals surface area contributed by atoms with Crippen molar-refractivity contribution < 1.29 is 0 Å². The lowest BCUT2D eigenvalue weighted by Crippen LogP contribution is -2.09. The fraction of sp³-hybridized carbons (Fsp3) is 0.500. The lowest BCUT2D eigenvalue weighted by atomic mass is 10.2. The zero-order valence-corrected chi connectivity index (χ0v) is 9.85. The monoisotopic (exact) mass is 242 g/mol. The van der Waals surface area contributed by atoms with Crippen LogP contribution in [0.5, 0.6) is 0 Å². The minimum absolute atomic E-state index is 0.656. The van der Waals surface area contributed by atoms with E-state index in [-0.39, 0.29) is 0 Å². The van der Waals surface area contributed by atoms with Gasteiger partial charge in [-0.25, -0.2) is 4.98 Å². The van der Waals surface area contributed by atoms with Gasteiger partial charge in [0.15, 0.2) is 0 Å². The molecule has 13 heavy (non-hydrogen) atoms. The van der Waals surface area contributed by atoms with Crippen molar-refractivity contribution in [3.05, 3.63) is 22.4 Å². The maximum absolute atomic E-state index is 4.31. The Labute approximate surface area is 87.9 Å². The van der Waals surface area contributed by atoms with E-state index in [0.717, 1.165) is 22.5 Å². The molecule has 1 heterocycles. The highest BCUT2D eigenvalue weighted by Gasteiger charge is 2.00. The van der Waals surface area contributed by atoms with Gasteiger partial charge in [0.05, 0.1) is 11.4 Å². The van der Waals surface area contributed by atoms with Crippen LogP contribution in [0.15, 0.2) is 16.7 Å². The van der Waals surface area contributed by atoms with Gasteiger partial charge in [-0.2, -0.15) is 0 Å². The summed E-state index contributed by atoms with van der Waals surface area (Å²) in [5.74, 6) is 0.656. The molecule has 0 saturated heterocycles. The summed E-state index contributed by atoms with van der Waals surface area (Å²) in [7, 11) is 0. The summed E-state index contributed by atoms with van der Waals surface area (Å²) in [6, 6.07) is 4.00. The largest absolute Gasteiger partial charge is 0.383 e. The van der Waals surface area contributed by atoms with Gasteiger partial charge in [-0.3, -0.25) is 0 Å². The number of anilines is 1. The molecule has 0 amide bonds. The summed E-state index contributed by atoms with van der Waals surface area (Å²) in [6.45, 7) is 7.38. The third-order valence-electron chi connectivity index (χ3n) is 1.75. The fourth-order valence-electron chi connectivity index (χ4n) is 1.03. The Balaban J connectivity index is 2.67. The first-order valence-corrected chi connectivity index (χ1v) is 5.26. The van der Waals surface area contributed by atoms with Gasteiger partial charge in [0.1, 0.15) is 4.60 Å². The predicted octanol–water partition coefficient (Wildman–Crippen LogP) is 3.22. The Hall–Kier alpha value is -0.570. The number of hydrogen-bond donors (Lipinski definition) is 1. The van der Waals surface area contributed by atoms with Crippen LogP contribution in [0.2, 0.25) is 0 Å². The molecule has 1 rings (SSSR count). The molecule has 1 aromatic heterocycles. The minimum atomic E-state index is 0.656. The maximum Gasteiger partial charge on any atom is 0.106 e. The molecular formula is C10H15BrN2. The van der Waals surface area contributed by atoms with Crippen molar-refractivity contribution in [3.8, 4) is 0 Å². The zero-order valence-electron chi connectivity index (χ0n) is 8.26. The molecule has 0 bridgehead atoms. The quantitative estimate of drug-likeness (QED) is 0.824. The molecule has 72 valence electrons. The highest BCUT2D eigenvalue weighted by molar-refractivity contribution is 9.10. The van der Waals surface area contributed by atoms with E-state index in [4.69, 9.17) is 0 Å². The molecule has 3 heteroatoms. The molecule has 0 saturated carbocycles. The first kappa shape index (κ1) is 10.5. The van der Waals surface area contributed by atoms with E-state index in [1.54, 1.807) is 0 Å². The average Bonchev–Trinajstić information content (AvgIpc) is 2.02. The van der Waals surface area contributed by atoms with Crippen LogP contribution in [0, 0.1) is 12.8 Å². The van der Waals surface area contributed by atoms with E-state index in [9.17, 15) is 0 Å². The van der Waals surface area contributed by atoms with Gasteiger partial charge in [-0.05, 0) is 40.9 Å². The highest BCUT2D eigenvalue weighted by atomic mass is 79.9. The molecule has 0 aliphatic heterocycles. The molecule has 0 radical (unpaired) electrons. The van der Waals surface area contributed by atoms with Crippen molar-refractivity contribution in [1.82, 2.24) is 4.98 Å². The molecule has 1 N–H and O–H groups in total. The van der Waals surface area contributed by atoms with Gasteiger partial charge < -0.3 is 5.32 Å². The molecule has 0 spiro atoms. The molecule has 0 aromatic carbocycles. The molecule has 0 unspecified atom stereocenters. The number of rotatable bonds is 3. The Kier molecular flexibility index (Phi) is 3.72. The normalized spacial score (nSPS) is 10.5. The van der Waals surface area contributed by atoms with Crippen LogP contribution in [-0.4, -0.2) is 11.5 Å². The molecule has 0 aliphatic carbocycles. The second kappa shape index (κ2) is 4.61. The maximum atomic E-state index is 4.31. The van der Waals surface area contributed by atoms with Gasteiger partial charge in [-0.15, -0.1) is 0 Å². The topological polar surface area (TPSA) is 24.9 Å². The number of hydrogen-bond acceptors (Lipinski definition) is 2. The molecular weight excluding hydrogens is 228 g/mol. The van der Waals surface area contributed by atoms with Gasteiger partial charge >= 0.3 is 0 Å². The summed E-state index contributed by atoms with van der Waals surface area (Å²) in [5.41, 5.74) is 2.16. The molecule has 0 aliphatic rings. The minimum Gasteiger partial charge on any atom is -0.383 e. The molecule has 0 atom stereocenters. The van der Waals surface area contributed by atoms with Crippen LogP contribution in [0.4, 0.5) is 5.69 Å². The number of nitrogens with one attached hydrogen (secondary N) is 1. The second-order valence-electron chi connectivity index (χ2n) is 3.54. The van der Waals surface area contributed by atoms with E-state index in [1.807, 2.05) is 13.0 Å². The lowest BCUT2D eigenvalue weighted by Gasteiger charge is -2.10. The molecule has 0 fully saturated rings. The summed E-state index contributed by atoms with van der Waals surface area (Å²) in [4.78, 5) is 4.31. The van der Waals surface area contributed by atoms with Crippen molar-refractivity contribution in [2.24, 2.45) is 5.92 Å². The third-order valence-corrected chi connectivity index (χ3v) is 2.19. The van der Waals surface area contributed by atoms with Crippen molar-refractivity contribution in [1.29, 1.82) is 0 Å². The van der Waals surface area contributed by atoms with Crippen LogP contribution < -0.4 is 5.32 Å². The van der Waals surface area contributed by atoms with Gasteiger partial charge in [0, 0.05) is 6.54 Å². The molecule has 1 aromatic rings. The second-order valence-corrected chi connectivity index (χ2v) is 4.35. The Morgan fingerprint density at radius 3 is 2.69 bits per heavy atom. The number of nitrogens with zero attached hydrogens (tertiary/aromatic N) is 1. The van der Waals surface area contributed by atoms with E-state index >= 15 is 0 Å². The van der Waals surface area contributed by atoms with Crippen molar-refractivity contribution in [2.75, 3.05) is 11.9 Å². The number of aromatic nitrogens is 1. The van der Waals surface area contributed by atoms with Crippen LogP contribution in [0.1, 0.15) is 19.5 Å². The molecule has 2 nitrogen and oxygen atoms in total. The van der Waals surface area contributed by atoms with Crippen LogP contribution in [-0.2, 0) is 0 Å². The van der Waals surface area contributed by atoms with Crippen molar-refractivity contribution in [3.63, 3.8) is 0 Å². The number of halogens is 1. The average molecular weight is 243 g/mol.